The Kier molecular flexibility index (Phi) is 4.69. The maximum Gasteiger partial charge on any atom is 0.433 e. The summed E-state index contributed by atoms with van der Waals surface area (Å²) in [4.78, 5) is 35.7. The Hall–Kier alpha value is -2.68. The third-order valence-electron chi connectivity index (χ3n) is 5.33. The molecule has 0 spiro atoms. The molecule has 3 fully saturated rings. The van der Waals surface area contributed by atoms with Crippen molar-refractivity contribution in [2.45, 2.75) is 32.1 Å². The van der Waals surface area contributed by atoms with Crippen molar-refractivity contribution in [1.29, 1.82) is 0 Å². The lowest BCUT2D eigenvalue weighted by molar-refractivity contribution is -0.401. The van der Waals surface area contributed by atoms with E-state index >= 15 is 0 Å². The van der Waals surface area contributed by atoms with Crippen LogP contribution >= 0.6 is 11.6 Å². The number of aromatic nitrogens is 2. The molecule has 0 saturated heterocycles. The Morgan fingerprint density at radius 2 is 2.07 bits per heavy atom. The van der Waals surface area contributed by atoms with Gasteiger partial charge in [0.25, 0.3) is 0 Å². The fourth-order valence-electron chi connectivity index (χ4n) is 4.00. The van der Waals surface area contributed by atoms with Crippen molar-refractivity contribution < 1.29 is 19.0 Å². The van der Waals surface area contributed by atoms with Crippen molar-refractivity contribution in [2.24, 2.45) is 17.8 Å². The summed E-state index contributed by atoms with van der Waals surface area (Å²) in [5.74, 6) is 0.528. The molecule has 0 radical (unpaired) electrons. The summed E-state index contributed by atoms with van der Waals surface area (Å²) in [6.45, 7) is 0. The first kappa shape index (κ1) is 17.7. The summed E-state index contributed by atoms with van der Waals surface area (Å²) in [5.41, 5.74) is 2.76. The molecule has 5 rings (SSSR count). The minimum absolute atomic E-state index is 0.0884. The number of hydrogen-bond donors (Lipinski definition) is 1. The molecule has 3 aliphatic carbocycles. The van der Waals surface area contributed by atoms with Gasteiger partial charge in [0, 0.05) is 6.07 Å². The zero-order chi connectivity index (χ0) is 19.0. The predicted octanol–water partition coefficient (Wildman–Crippen LogP) is 3.99. The number of furan rings is 1. The number of halogens is 1. The molecule has 1 N–H and O–H groups in total. The van der Waals surface area contributed by atoms with Gasteiger partial charge in [0.15, 0.2) is 11.6 Å². The quantitative estimate of drug-likeness (QED) is 0.460. The fourth-order valence-corrected chi connectivity index (χ4v) is 4.19. The maximum atomic E-state index is 12.4. The van der Waals surface area contributed by atoms with Gasteiger partial charge in [0.1, 0.15) is 10.6 Å². The van der Waals surface area contributed by atoms with Gasteiger partial charge in [-0.25, -0.2) is 15.3 Å². The monoisotopic (exact) mass is 392 g/mol. The van der Waals surface area contributed by atoms with Crippen molar-refractivity contribution in [3.05, 3.63) is 33.6 Å². The summed E-state index contributed by atoms with van der Waals surface area (Å²) < 4.78 is 5.11. The third-order valence-corrected chi connectivity index (χ3v) is 5.50. The van der Waals surface area contributed by atoms with Gasteiger partial charge in [-0.1, -0.05) is 12.8 Å². The van der Waals surface area contributed by atoms with Crippen LogP contribution in [0.4, 0.5) is 11.7 Å². The second kappa shape index (κ2) is 7.15. The normalized spacial score (nSPS) is 23.8. The average Bonchev–Trinajstić information content (AvgIpc) is 3.17. The summed E-state index contributed by atoms with van der Waals surface area (Å²) in [6, 6.07) is 4.07. The van der Waals surface area contributed by atoms with Gasteiger partial charge in [-0.3, -0.25) is 10.1 Å². The number of fused-ring (bicyclic) bond motifs is 3. The summed E-state index contributed by atoms with van der Waals surface area (Å²) in [5, 5.41) is 10.6. The van der Waals surface area contributed by atoms with Crippen molar-refractivity contribution in [2.75, 3.05) is 5.48 Å². The minimum Gasteiger partial charge on any atom is -0.399 e. The fraction of sp³-hybridized carbons (Fsp3) is 0.471. The molecule has 0 amide bonds. The highest BCUT2D eigenvalue weighted by molar-refractivity contribution is 6.28. The van der Waals surface area contributed by atoms with Crippen LogP contribution < -0.4 is 5.48 Å². The number of rotatable bonds is 5. The van der Waals surface area contributed by atoms with E-state index in [1.165, 1.54) is 31.0 Å². The molecule has 0 aliphatic heterocycles. The number of carbonyl (C=O) groups is 1. The zero-order valence-electron chi connectivity index (χ0n) is 14.3. The van der Waals surface area contributed by atoms with E-state index in [2.05, 4.69) is 15.4 Å². The Morgan fingerprint density at radius 1 is 1.30 bits per heavy atom. The number of carbonyl (C=O) groups excluding carboxylic acids is 1. The van der Waals surface area contributed by atoms with Crippen LogP contribution in [0.3, 0.4) is 0 Å². The highest BCUT2D eigenvalue weighted by Gasteiger charge is 2.40. The van der Waals surface area contributed by atoms with Gasteiger partial charge in [0.2, 0.25) is 5.28 Å². The van der Waals surface area contributed by atoms with Crippen molar-refractivity contribution in [1.82, 2.24) is 9.97 Å². The molecule has 142 valence electrons. The van der Waals surface area contributed by atoms with Crippen LogP contribution in [-0.4, -0.2) is 20.9 Å². The largest absolute Gasteiger partial charge is 0.433 e. The molecular weight excluding hydrogens is 376 g/mol. The van der Waals surface area contributed by atoms with Gasteiger partial charge in [-0.15, -0.1) is 0 Å². The Balaban J connectivity index is 1.45. The van der Waals surface area contributed by atoms with Gasteiger partial charge in [-0.2, -0.15) is 4.98 Å². The topological polar surface area (TPSA) is 120 Å². The first-order chi connectivity index (χ1) is 13.0. The van der Waals surface area contributed by atoms with Gasteiger partial charge >= 0.3 is 11.9 Å². The van der Waals surface area contributed by atoms with Crippen LogP contribution in [0.25, 0.3) is 11.5 Å². The number of anilines is 1. The molecule has 3 aliphatic rings. The lowest BCUT2D eigenvalue weighted by Gasteiger charge is -2.40. The summed E-state index contributed by atoms with van der Waals surface area (Å²) >= 11 is 5.91. The molecule has 10 heteroatoms. The zero-order valence-corrected chi connectivity index (χ0v) is 15.0. The molecule has 2 aromatic rings. The van der Waals surface area contributed by atoms with Crippen LogP contribution in [-0.2, 0) is 9.63 Å². The van der Waals surface area contributed by atoms with Gasteiger partial charge in [0.05, 0.1) is 12.0 Å². The number of nitro groups is 1. The van der Waals surface area contributed by atoms with E-state index < -0.39 is 10.8 Å². The highest BCUT2D eigenvalue weighted by atomic mass is 35.5. The lowest BCUT2D eigenvalue weighted by Crippen LogP contribution is -2.37. The molecule has 0 aromatic carbocycles. The van der Waals surface area contributed by atoms with E-state index in [1.807, 2.05) is 0 Å². The highest BCUT2D eigenvalue weighted by Crippen LogP contribution is 2.45. The standard InChI is InChI=1S/C17H17ClN4O5/c18-17-19-12(13-5-6-15(26-13)22(24)25)8-14(20-17)21-27-16(23)11-7-9-1-3-10(11)4-2-9/h5-6,8-11H,1-4,7H2,(H,19,20,21). The van der Waals surface area contributed by atoms with Crippen molar-refractivity contribution in [3.63, 3.8) is 0 Å². The van der Waals surface area contributed by atoms with E-state index in [1.54, 1.807) is 0 Å². The predicted molar refractivity (Wildman–Crippen MR) is 94.7 cm³/mol. The van der Waals surface area contributed by atoms with Gasteiger partial charge in [-0.05, 0) is 48.8 Å². The Morgan fingerprint density at radius 3 is 2.70 bits per heavy atom. The molecule has 3 saturated carbocycles. The Bertz CT molecular complexity index is 878. The SMILES string of the molecule is O=C(ONc1cc(-c2ccc([N+](=O)[O-])o2)nc(Cl)n1)C1CC2CCC1CC2. The molecule has 9 nitrogen and oxygen atoms in total. The molecular formula is C17H17ClN4O5. The molecule has 2 bridgehead atoms. The lowest BCUT2D eigenvalue weighted by atomic mass is 9.65. The van der Waals surface area contributed by atoms with Crippen LogP contribution in [0.2, 0.25) is 5.28 Å². The van der Waals surface area contributed by atoms with E-state index in [0.29, 0.717) is 11.8 Å². The number of nitrogens with zero attached hydrogens (tertiary/aromatic N) is 3. The average molecular weight is 393 g/mol. The summed E-state index contributed by atoms with van der Waals surface area (Å²) in [7, 11) is 0. The van der Waals surface area contributed by atoms with E-state index in [9.17, 15) is 14.9 Å². The van der Waals surface area contributed by atoms with Gasteiger partial charge < -0.3 is 9.25 Å². The van der Waals surface area contributed by atoms with Crippen LogP contribution in [0.5, 0.6) is 0 Å². The second-order valence-corrected chi connectivity index (χ2v) is 7.29. The molecule has 1 atom stereocenters. The first-order valence-corrected chi connectivity index (χ1v) is 9.13. The maximum absolute atomic E-state index is 12.4. The molecule has 1 unspecified atom stereocenters. The van der Waals surface area contributed by atoms with Crippen LogP contribution in [0.15, 0.2) is 22.6 Å². The Labute approximate surface area is 159 Å². The molecule has 2 aromatic heterocycles. The minimum atomic E-state index is -0.648. The molecule has 27 heavy (non-hydrogen) atoms. The van der Waals surface area contributed by atoms with E-state index in [4.69, 9.17) is 20.9 Å². The van der Waals surface area contributed by atoms with E-state index in [-0.39, 0.29) is 34.4 Å². The first-order valence-electron chi connectivity index (χ1n) is 8.75. The van der Waals surface area contributed by atoms with Crippen molar-refractivity contribution >= 4 is 29.3 Å². The number of hydrogen-bond acceptors (Lipinski definition) is 8. The summed E-state index contributed by atoms with van der Waals surface area (Å²) in [6.07, 6.45) is 5.41. The second-order valence-electron chi connectivity index (χ2n) is 6.95. The number of nitrogens with one attached hydrogen (secondary N) is 1. The molecule has 2 heterocycles. The smallest absolute Gasteiger partial charge is 0.399 e. The van der Waals surface area contributed by atoms with Crippen LogP contribution in [0, 0.1) is 27.9 Å². The van der Waals surface area contributed by atoms with E-state index in [0.717, 1.165) is 19.3 Å². The van der Waals surface area contributed by atoms with Crippen molar-refractivity contribution in [3.8, 4) is 11.5 Å². The van der Waals surface area contributed by atoms with Crippen LogP contribution in [0.1, 0.15) is 32.1 Å². The third kappa shape index (κ3) is 3.73.